The van der Waals surface area contributed by atoms with Crippen LogP contribution in [0.1, 0.15) is 34.0 Å². The van der Waals surface area contributed by atoms with E-state index < -0.39 is 5.97 Å². The van der Waals surface area contributed by atoms with Gasteiger partial charge in [0, 0.05) is 0 Å². The van der Waals surface area contributed by atoms with E-state index in [-0.39, 0.29) is 18.0 Å². The number of carboxylic acids is 1. The van der Waals surface area contributed by atoms with E-state index in [9.17, 15) is 14.4 Å². The van der Waals surface area contributed by atoms with Gasteiger partial charge < -0.3 is 14.6 Å². The van der Waals surface area contributed by atoms with Crippen LogP contribution in [0.4, 0.5) is 4.39 Å². The van der Waals surface area contributed by atoms with Crippen molar-refractivity contribution < 1.29 is 23.8 Å². The number of aromatic carboxylic acids is 1. The number of carboxylic acid groups (broad SMARTS) is 1. The monoisotopic (exact) mass is 417 g/mol. The number of hydrogen-bond donors (Lipinski definition) is 1. The van der Waals surface area contributed by atoms with Gasteiger partial charge in [-0.05, 0) is 66.1 Å². The predicted octanol–water partition coefficient (Wildman–Crippen LogP) is 5.57. The van der Waals surface area contributed by atoms with Crippen molar-refractivity contribution in [3.63, 3.8) is 0 Å². The topological polar surface area (TPSA) is 79.5 Å². The smallest absolute Gasteiger partial charge is 0.335 e. The van der Waals surface area contributed by atoms with Crippen molar-refractivity contribution >= 4 is 17.6 Å². The molecule has 31 heavy (non-hydrogen) atoms. The summed E-state index contributed by atoms with van der Waals surface area (Å²) in [6, 6.07) is 19.7. The Bertz CT molecular complexity index is 1150. The van der Waals surface area contributed by atoms with E-state index in [1.165, 1.54) is 24.3 Å². The van der Waals surface area contributed by atoms with E-state index in [0.29, 0.717) is 34.8 Å². The quantitative estimate of drug-likeness (QED) is 0.383. The minimum absolute atomic E-state index is 0.152. The van der Waals surface area contributed by atoms with Crippen molar-refractivity contribution in [2.75, 3.05) is 6.61 Å². The van der Waals surface area contributed by atoms with Crippen molar-refractivity contribution in [3.8, 4) is 17.6 Å². The Balaban J connectivity index is 1.84. The fraction of sp³-hybridized carbons (Fsp3) is 0.120. The number of ether oxygens (including phenoxy) is 2. The number of halogens is 1. The van der Waals surface area contributed by atoms with Gasteiger partial charge in [0.25, 0.3) is 0 Å². The molecule has 0 saturated carbocycles. The van der Waals surface area contributed by atoms with Crippen LogP contribution < -0.4 is 9.47 Å². The van der Waals surface area contributed by atoms with E-state index in [2.05, 4.69) is 6.07 Å². The van der Waals surface area contributed by atoms with E-state index in [1.807, 2.05) is 6.92 Å². The molecule has 0 heterocycles. The summed E-state index contributed by atoms with van der Waals surface area (Å²) in [7, 11) is 0. The summed E-state index contributed by atoms with van der Waals surface area (Å²) >= 11 is 0. The highest BCUT2D eigenvalue weighted by Gasteiger charge is 2.09. The average Bonchev–Trinajstić information content (AvgIpc) is 2.77. The second-order valence-electron chi connectivity index (χ2n) is 6.61. The minimum Gasteiger partial charge on any atom is -0.490 e. The zero-order valence-electron chi connectivity index (χ0n) is 16.8. The standard InChI is InChI=1S/C25H20FNO4/c1-2-30-24-14-17(6-11-23(24)31-16-18-4-3-5-22(26)13-18)12-21(15-27)19-7-9-20(10-8-19)25(28)29/h3-14H,2,16H2,1H3,(H,28,29)/b21-12-. The normalized spacial score (nSPS) is 10.9. The molecular formula is C25H20FNO4. The molecule has 6 heteroatoms. The lowest BCUT2D eigenvalue weighted by Crippen LogP contribution is -2.00. The van der Waals surface area contributed by atoms with Crippen LogP contribution in [-0.4, -0.2) is 17.7 Å². The van der Waals surface area contributed by atoms with Gasteiger partial charge in [-0.25, -0.2) is 9.18 Å². The zero-order valence-corrected chi connectivity index (χ0v) is 16.8. The Labute approximate surface area is 179 Å². The van der Waals surface area contributed by atoms with Gasteiger partial charge in [-0.2, -0.15) is 5.26 Å². The maximum absolute atomic E-state index is 13.4. The van der Waals surface area contributed by atoms with Crippen LogP contribution in [-0.2, 0) is 6.61 Å². The summed E-state index contributed by atoms with van der Waals surface area (Å²) in [6.45, 7) is 2.46. The molecule has 3 rings (SSSR count). The summed E-state index contributed by atoms with van der Waals surface area (Å²) in [5.41, 5.74) is 2.56. The van der Waals surface area contributed by atoms with Crippen LogP contribution in [0.25, 0.3) is 11.6 Å². The predicted molar refractivity (Wildman–Crippen MR) is 115 cm³/mol. The molecule has 1 N–H and O–H groups in total. The second-order valence-corrected chi connectivity index (χ2v) is 6.61. The molecule has 0 radical (unpaired) electrons. The van der Waals surface area contributed by atoms with Crippen LogP contribution in [0, 0.1) is 17.1 Å². The maximum atomic E-state index is 13.4. The van der Waals surface area contributed by atoms with Crippen LogP contribution in [0.2, 0.25) is 0 Å². The molecule has 156 valence electrons. The van der Waals surface area contributed by atoms with Gasteiger partial charge in [0.05, 0.1) is 23.8 Å². The van der Waals surface area contributed by atoms with E-state index in [1.54, 1.807) is 48.5 Å². The molecule has 0 amide bonds. The van der Waals surface area contributed by atoms with Gasteiger partial charge in [0.15, 0.2) is 11.5 Å². The molecule has 0 fully saturated rings. The van der Waals surface area contributed by atoms with Crippen LogP contribution in [0.3, 0.4) is 0 Å². The van der Waals surface area contributed by atoms with Crippen LogP contribution in [0.15, 0.2) is 66.7 Å². The zero-order chi connectivity index (χ0) is 22.2. The fourth-order valence-electron chi connectivity index (χ4n) is 2.93. The highest BCUT2D eigenvalue weighted by atomic mass is 19.1. The molecule has 5 nitrogen and oxygen atoms in total. The third-order valence-corrected chi connectivity index (χ3v) is 4.43. The maximum Gasteiger partial charge on any atom is 0.335 e. The third-order valence-electron chi connectivity index (χ3n) is 4.43. The van der Waals surface area contributed by atoms with Crippen molar-refractivity contribution in [1.82, 2.24) is 0 Å². The molecule has 0 bridgehead atoms. The van der Waals surface area contributed by atoms with Gasteiger partial charge in [-0.15, -0.1) is 0 Å². The number of rotatable bonds is 8. The van der Waals surface area contributed by atoms with Crippen LogP contribution in [0.5, 0.6) is 11.5 Å². The number of carbonyl (C=O) groups is 1. The largest absolute Gasteiger partial charge is 0.490 e. The van der Waals surface area contributed by atoms with Gasteiger partial charge in [0.1, 0.15) is 12.4 Å². The van der Waals surface area contributed by atoms with Crippen molar-refractivity contribution in [2.45, 2.75) is 13.5 Å². The highest BCUT2D eigenvalue weighted by molar-refractivity contribution is 5.92. The second kappa shape index (κ2) is 10.1. The number of nitriles is 1. The first kappa shape index (κ1) is 21.6. The van der Waals surface area contributed by atoms with Gasteiger partial charge in [-0.1, -0.05) is 30.3 Å². The fourth-order valence-corrected chi connectivity index (χ4v) is 2.93. The third kappa shape index (κ3) is 5.71. The Kier molecular flexibility index (Phi) is 7.02. The van der Waals surface area contributed by atoms with Gasteiger partial charge in [0.2, 0.25) is 0 Å². The van der Waals surface area contributed by atoms with Crippen molar-refractivity contribution in [1.29, 1.82) is 5.26 Å². The average molecular weight is 417 g/mol. The summed E-state index contributed by atoms with van der Waals surface area (Å²) in [4.78, 5) is 11.0. The summed E-state index contributed by atoms with van der Waals surface area (Å²) in [5.74, 6) is -0.338. The first-order valence-electron chi connectivity index (χ1n) is 9.59. The molecule has 0 spiro atoms. The highest BCUT2D eigenvalue weighted by Crippen LogP contribution is 2.31. The molecule has 0 aliphatic heterocycles. The molecular weight excluding hydrogens is 397 g/mol. The summed E-state index contributed by atoms with van der Waals surface area (Å²) < 4.78 is 24.8. The molecule has 0 saturated heterocycles. The first-order chi connectivity index (χ1) is 15.0. The molecule has 0 aliphatic carbocycles. The molecule has 0 aromatic heterocycles. The van der Waals surface area contributed by atoms with Crippen molar-refractivity contribution in [3.05, 3.63) is 94.8 Å². The Morgan fingerprint density at radius 3 is 2.42 bits per heavy atom. The Hall–Kier alpha value is -4.11. The lowest BCUT2D eigenvalue weighted by atomic mass is 10.0. The number of nitrogens with zero attached hydrogens (tertiary/aromatic N) is 1. The molecule has 3 aromatic rings. The lowest BCUT2D eigenvalue weighted by molar-refractivity contribution is 0.0697. The van der Waals surface area contributed by atoms with E-state index in [4.69, 9.17) is 14.6 Å². The minimum atomic E-state index is -1.02. The number of benzene rings is 3. The number of hydrogen-bond acceptors (Lipinski definition) is 4. The Morgan fingerprint density at radius 2 is 1.77 bits per heavy atom. The van der Waals surface area contributed by atoms with E-state index >= 15 is 0 Å². The SMILES string of the molecule is CCOc1cc(/C=C(/C#N)c2ccc(C(=O)O)cc2)ccc1OCc1cccc(F)c1. The lowest BCUT2D eigenvalue weighted by Gasteiger charge is -2.13. The van der Waals surface area contributed by atoms with Crippen molar-refractivity contribution in [2.24, 2.45) is 0 Å². The molecule has 3 aromatic carbocycles. The first-order valence-corrected chi connectivity index (χ1v) is 9.59. The Morgan fingerprint density at radius 1 is 1.03 bits per heavy atom. The van der Waals surface area contributed by atoms with Crippen LogP contribution >= 0.6 is 0 Å². The van der Waals surface area contributed by atoms with Gasteiger partial charge >= 0.3 is 5.97 Å². The molecule has 0 unspecified atom stereocenters. The molecule has 0 atom stereocenters. The molecule has 0 aliphatic rings. The van der Waals surface area contributed by atoms with Gasteiger partial charge in [-0.3, -0.25) is 0 Å². The number of allylic oxidation sites excluding steroid dienone is 1. The summed E-state index contributed by atoms with van der Waals surface area (Å²) in [6.07, 6.45) is 1.69. The van der Waals surface area contributed by atoms with E-state index in [0.717, 1.165) is 5.56 Å². The summed E-state index contributed by atoms with van der Waals surface area (Å²) in [5, 5.41) is 18.6.